The van der Waals surface area contributed by atoms with Gasteiger partial charge in [0.15, 0.2) is 0 Å². The lowest BCUT2D eigenvalue weighted by Crippen LogP contribution is -1.92. The Labute approximate surface area is 68.9 Å². The first-order valence-corrected chi connectivity index (χ1v) is 5.55. The van der Waals surface area contributed by atoms with Gasteiger partial charge in [0.2, 0.25) is 0 Å². The van der Waals surface area contributed by atoms with Crippen LogP contribution in [0, 0.1) is 0 Å². The van der Waals surface area contributed by atoms with Crippen molar-refractivity contribution in [3.05, 3.63) is 0 Å². The van der Waals surface area contributed by atoms with Crippen LogP contribution in [0.3, 0.4) is 0 Å². The van der Waals surface area contributed by atoms with Crippen LogP contribution in [0.1, 0.15) is 0 Å². The summed E-state index contributed by atoms with van der Waals surface area (Å²) in [6.07, 6.45) is 0. The Morgan fingerprint density at radius 2 is 0.286 bits per heavy atom. The van der Waals surface area contributed by atoms with Crippen LogP contribution in [0.2, 0.25) is 0 Å². The quantitative estimate of drug-likeness (QED) is 0.457. The van der Waals surface area contributed by atoms with Gasteiger partial charge in [-0.25, -0.2) is 0 Å². The van der Waals surface area contributed by atoms with E-state index in [2.05, 4.69) is 0 Å². The highest BCUT2D eigenvalue weighted by molar-refractivity contribution is 8.42. The molecule has 0 saturated heterocycles. The predicted molar refractivity (Wildman–Crippen MR) is 28.5 cm³/mol. The normalized spacial score (nSPS) is 23.1. The molecule has 0 aromatic heterocycles. The molecule has 0 aromatic rings. The molecule has 0 aliphatic carbocycles. The molecule has 0 N–H and O–H groups in total. The summed E-state index contributed by atoms with van der Waals surface area (Å²) in [4.78, 5) is 0. The third kappa shape index (κ3) is 71400. The lowest BCUT2D eigenvalue weighted by molar-refractivity contribution is 0.287. The van der Waals surface area contributed by atoms with Crippen LogP contribution in [0.15, 0.2) is 0 Å². The van der Waals surface area contributed by atoms with Crippen molar-refractivity contribution in [2.75, 3.05) is 0 Å². The van der Waals surface area contributed by atoms with Gasteiger partial charge in [-0.2, -0.15) is 0 Å². The Balaban J connectivity index is 0. The van der Waals surface area contributed by atoms with Crippen molar-refractivity contribution in [3.8, 4) is 0 Å². The first kappa shape index (κ1) is 16.3. The summed E-state index contributed by atoms with van der Waals surface area (Å²) in [5.41, 5.74) is 0. The van der Waals surface area contributed by atoms with Crippen LogP contribution in [0.5, 0.6) is 0 Å². The van der Waals surface area contributed by atoms with Crippen molar-refractivity contribution in [1.29, 1.82) is 0 Å². The monoisotopic (exact) mass is 292 g/mol. The standard InChI is InChI=1S/2F6S/c2*1-7(2,3,4,5)6. The molecule has 0 atom stereocenters. The molecule has 0 rings (SSSR count). The summed E-state index contributed by atoms with van der Waals surface area (Å²) < 4.78 is 118. The second-order valence-electron chi connectivity index (χ2n) is 1.75. The van der Waals surface area contributed by atoms with Gasteiger partial charge in [-0.1, -0.05) is 46.6 Å². The summed E-state index contributed by atoms with van der Waals surface area (Å²) in [6, 6.07) is 0. The van der Waals surface area contributed by atoms with E-state index in [1.54, 1.807) is 0 Å². The van der Waals surface area contributed by atoms with E-state index in [4.69, 9.17) is 0 Å². The van der Waals surface area contributed by atoms with E-state index in [0.29, 0.717) is 0 Å². The van der Waals surface area contributed by atoms with Crippen molar-refractivity contribution < 1.29 is 46.6 Å². The minimum atomic E-state index is -10.5. The van der Waals surface area contributed by atoms with Gasteiger partial charge in [-0.3, -0.25) is 0 Å². The van der Waals surface area contributed by atoms with E-state index in [1.165, 1.54) is 0 Å². The van der Waals surface area contributed by atoms with E-state index in [9.17, 15) is 46.6 Å². The highest BCUT2D eigenvalue weighted by atomic mass is 32.5. The Hall–Kier alpha value is -0.140. The molecule has 0 spiro atoms. The summed E-state index contributed by atoms with van der Waals surface area (Å²) >= 11 is 0. The molecule has 0 radical (unpaired) electrons. The first-order chi connectivity index (χ1) is 4.90. The fourth-order valence-electron chi connectivity index (χ4n) is 0. The Bertz CT molecular complexity index is 155. The molecule has 14 heavy (non-hydrogen) atoms. The predicted octanol–water partition coefficient (Wildman–Crippen LogP) is 6.34. The molecule has 0 fully saturated rings. The van der Waals surface area contributed by atoms with E-state index >= 15 is 0 Å². The molecule has 14 heteroatoms. The Kier molecular flexibility index (Phi) is 2.36. The average molecular weight is 292 g/mol. The minimum absolute atomic E-state index is 9.85. The zero-order valence-electron chi connectivity index (χ0n) is 5.35. The maximum absolute atomic E-state index is 10.5. The summed E-state index contributed by atoms with van der Waals surface area (Å²) in [7, 11) is -20.9. The van der Waals surface area contributed by atoms with Crippen molar-refractivity contribution >= 4 is 21.2 Å². The highest BCUT2D eigenvalue weighted by Crippen LogP contribution is 2.99. The average Bonchev–Trinajstić information content (AvgIpc) is 0.938. The zero-order valence-corrected chi connectivity index (χ0v) is 6.99. The van der Waals surface area contributed by atoms with E-state index < -0.39 is 21.2 Å². The molecule has 0 aliphatic heterocycles. The molecule has 0 aromatic carbocycles. The topological polar surface area (TPSA) is 0 Å². The van der Waals surface area contributed by atoms with Gasteiger partial charge in [0, 0.05) is 0 Å². The number of halogens is 12. The van der Waals surface area contributed by atoms with E-state index in [0.717, 1.165) is 0 Å². The lowest BCUT2D eigenvalue weighted by atomic mass is 18.6. The molecular formula is F12S2. The van der Waals surface area contributed by atoms with Crippen LogP contribution in [0.25, 0.3) is 0 Å². The van der Waals surface area contributed by atoms with Crippen LogP contribution < -0.4 is 0 Å². The maximum Gasteiger partial charge on any atom is 0.431 e. The van der Waals surface area contributed by atoms with Crippen molar-refractivity contribution in [2.24, 2.45) is 0 Å². The van der Waals surface area contributed by atoms with Gasteiger partial charge < -0.3 is 0 Å². The Morgan fingerprint density at radius 3 is 0.286 bits per heavy atom. The van der Waals surface area contributed by atoms with E-state index in [-0.39, 0.29) is 0 Å². The molecule has 0 bridgehead atoms. The summed E-state index contributed by atoms with van der Waals surface area (Å²) in [5, 5.41) is 0. The van der Waals surface area contributed by atoms with Crippen molar-refractivity contribution in [2.45, 2.75) is 0 Å². The molecular weight excluding hydrogens is 292 g/mol. The van der Waals surface area contributed by atoms with Crippen LogP contribution in [-0.2, 0) is 0 Å². The SMILES string of the molecule is FS(F)(F)(F)(F)F.FS(F)(F)(F)(F)F. The van der Waals surface area contributed by atoms with Crippen molar-refractivity contribution in [1.82, 2.24) is 0 Å². The molecule has 0 amide bonds. The molecule has 0 unspecified atom stereocenters. The maximum atomic E-state index is 9.85. The van der Waals surface area contributed by atoms with Crippen LogP contribution in [-0.4, -0.2) is 0 Å². The Morgan fingerprint density at radius 1 is 0.286 bits per heavy atom. The van der Waals surface area contributed by atoms with Gasteiger partial charge in [-0.15, -0.1) is 0 Å². The molecule has 0 saturated carbocycles. The largest absolute Gasteiger partial charge is 0.431 e. The second-order valence-corrected chi connectivity index (χ2v) is 5.25. The van der Waals surface area contributed by atoms with E-state index in [1.807, 2.05) is 0 Å². The van der Waals surface area contributed by atoms with Crippen molar-refractivity contribution in [3.63, 3.8) is 0 Å². The fourth-order valence-corrected chi connectivity index (χ4v) is 0. The number of hydrogen-bond donors (Lipinski definition) is 0. The smallest absolute Gasteiger partial charge is 0.0719 e. The summed E-state index contributed by atoms with van der Waals surface area (Å²) in [6.45, 7) is 0. The van der Waals surface area contributed by atoms with Gasteiger partial charge in [0.05, 0.1) is 0 Å². The first-order valence-electron chi connectivity index (χ1n) is 1.85. The highest BCUT2D eigenvalue weighted by Gasteiger charge is 2.65. The van der Waals surface area contributed by atoms with Gasteiger partial charge in [-0.05, 0) is 0 Å². The minimum Gasteiger partial charge on any atom is -0.0719 e. The number of hydrogen-bond acceptors (Lipinski definition) is 0. The molecule has 0 heterocycles. The third-order valence-electron chi connectivity index (χ3n) is 0. The number of rotatable bonds is 0. The fraction of sp³-hybridized carbons (Fsp3) is 0. The molecule has 0 aliphatic rings. The second kappa shape index (κ2) is 2.03. The molecule has 0 nitrogen and oxygen atoms in total. The lowest BCUT2D eigenvalue weighted by Gasteiger charge is -2.28. The molecule has 96 valence electrons. The van der Waals surface area contributed by atoms with Crippen LogP contribution >= 0.6 is 21.2 Å². The van der Waals surface area contributed by atoms with Gasteiger partial charge in [0.25, 0.3) is 0 Å². The van der Waals surface area contributed by atoms with Crippen LogP contribution in [0.4, 0.5) is 46.6 Å². The summed E-state index contributed by atoms with van der Waals surface area (Å²) in [5.74, 6) is 0. The van der Waals surface area contributed by atoms with Gasteiger partial charge in [0.1, 0.15) is 0 Å². The zero-order chi connectivity index (χ0) is 12.8. The van der Waals surface area contributed by atoms with Gasteiger partial charge >= 0.3 is 21.2 Å². The third-order valence-corrected chi connectivity index (χ3v) is 0.